The molecule has 6 fully saturated rings. The van der Waals surface area contributed by atoms with Gasteiger partial charge in [0.2, 0.25) is 6.29 Å². The summed E-state index contributed by atoms with van der Waals surface area (Å²) in [6, 6.07) is 0. The Kier molecular flexibility index (Phi) is 11.4. The molecule has 4 saturated carbocycles. The van der Waals surface area contributed by atoms with Gasteiger partial charge in [0.15, 0.2) is 6.29 Å². The molecule has 0 spiro atoms. The first-order chi connectivity index (χ1) is 27.0. The van der Waals surface area contributed by atoms with Crippen LogP contribution in [0.25, 0.3) is 0 Å². The number of aliphatic hydroxyl groups excluding tert-OH is 9. The molecule has 0 amide bonds. The number of rotatable bonds is 7. The van der Waals surface area contributed by atoms with Gasteiger partial charge in [0, 0.05) is 0 Å². The molecule has 5 aliphatic carbocycles. The molecule has 0 aromatic carbocycles. The maximum atomic E-state index is 14.6. The predicted molar refractivity (Wildman–Crippen MR) is 201 cm³/mol. The quantitative estimate of drug-likeness (QED) is 0.0943. The summed E-state index contributed by atoms with van der Waals surface area (Å²) in [4.78, 5) is 28.1. The van der Waals surface area contributed by atoms with Crippen molar-refractivity contribution in [3.8, 4) is 0 Å². The Bertz CT molecular complexity index is 1620. The molecule has 20 atom stereocenters. The van der Waals surface area contributed by atoms with E-state index in [9.17, 15) is 60.7 Å². The summed E-state index contributed by atoms with van der Waals surface area (Å²) in [6.07, 6.45) is -11.5. The number of carboxylic acids is 1. The van der Waals surface area contributed by atoms with E-state index < -0.39 is 132 Å². The van der Waals surface area contributed by atoms with E-state index in [-0.39, 0.29) is 23.7 Å². The van der Waals surface area contributed by atoms with E-state index in [1.807, 2.05) is 0 Å². The monoisotopic (exact) mass is 826 g/mol. The fourth-order valence-electron chi connectivity index (χ4n) is 13.6. The van der Waals surface area contributed by atoms with Crippen LogP contribution >= 0.6 is 0 Å². The lowest BCUT2D eigenvalue weighted by Gasteiger charge is -2.71. The molecule has 2 aliphatic heterocycles. The van der Waals surface area contributed by atoms with Gasteiger partial charge in [-0.15, -0.1) is 0 Å². The summed E-state index contributed by atoms with van der Waals surface area (Å²) < 4.78 is 23.3. The van der Waals surface area contributed by atoms with Crippen molar-refractivity contribution in [3.63, 3.8) is 0 Å². The Morgan fingerprint density at radius 2 is 1.29 bits per heavy atom. The standard InChI is InChI=1S/C42H66O16/c1-37(2)11-13-42(36(54)58-34-31(51)29(49)27(47)23(18-44)56-34)14-12-39(4)19(20(42)15-37)7-8-24-38(3)16-21(45)32(41(6,35(52)53)25(38)9-10-40(24,39)5)57-33-30(50)28(48)26(46)22(17-43)55-33/h7,20-34,43-51H,8-18H2,1-6H3,(H,52,53)/t20-,21-,22+,23+,24+,25+,26+,27+,28-,29-,30+,31+,32-,33-,34-,38+,39+,40+,41-,42-/m0/s1. The van der Waals surface area contributed by atoms with E-state index >= 15 is 0 Å². The highest BCUT2D eigenvalue weighted by molar-refractivity contribution is 5.79. The van der Waals surface area contributed by atoms with Crippen LogP contribution in [-0.2, 0) is 28.5 Å². The van der Waals surface area contributed by atoms with Crippen molar-refractivity contribution in [2.45, 2.75) is 173 Å². The van der Waals surface area contributed by atoms with Crippen LogP contribution < -0.4 is 0 Å². The minimum Gasteiger partial charge on any atom is -0.481 e. The number of hydrogen-bond donors (Lipinski definition) is 10. The number of ether oxygens (including phenoxy) is 4. The van der Waals surface area contributed by atoms with E-state index in [1.165, 1.54) is 0 Å². The molecular formula is C42H66O16. The fraction of sp³-hybridized carbons (Fsp3) is 0.905. The number of allylic oxidation sites excluding steroid dienone is 2. The van der Waals surface area contributed by atoms with E-state index in [1.54, 1.807) is 6.92 Å². The highest BCUT2D eigenvalue weighted by Crippen LogP contribution is 2.76. The van der Waals surface area contributed by atoms with Gasteiger partial charge in [0.05, 0.1) is 30.1 Å². The third-order valence-corrected chi connectivity index (χ3v) is 17.3. The third-order valence-electron chi connectivity index (χ3n) is 17.3. The Morgan fingerprint density at radius 1 is 0.724 bits per heavy atom. The van der Waals surface area contributed by atoms with Gasteiger partial charge < -0.3 is 70.0 Å². The lowest BCUT2D eigenvalue weighted by atomic mass is 9.33. The number of esters is 1. The second-order valence-electron chi connectivity index (χ2n) is 20.6. The molecular weight excluding hydrogens is 760 g/mol. The first-order valence-electron chi connectivity index (χ1n) is 21.1. The smallest absolute Gasteiger partial charge is 0.315 e. The molecule has 16 nitrogen and oxygen atoms in total. The lowest BCUT2D eigenvalue weighted by molar-refractivity contribution is -0.340. The molecule has 7 aliphatic rings. The Balaban J connectivity index is 1.21. The van der Waals surface area contributed by atoms with Crippen LogP contribution in [0.1, 0.15) is 99.3 Å². The highest BCUT2D eigenvalue weighted by Gasteiger charge is 2.73. The molecule has 2 heterocycles. The minimum atomic E-state index is -1.77. The van der Waals surface area contributed by atoms with E-state index in [0.717, 1.165) is 12.0 Å². The van der Waals surface area contributed by atoms with Gasteiger partial charge in [0.1, 0.15) is 54.9 Å². The van der Waals surface area contributed by atoms with Crippen LogP contribution in [0.2, 0.25) is 0 Å². The van der Waals surface area contributed by atoms with Crippen molar-refractivity contribution in [2.24, 2.45) is 50.2 Å². The Morgan fingerprint density at radius 3 is 1.88 bits per heavy atom. The molecule has 0 radical (unpaired) electrons. The molecule has 0 bridgehead atoms. The van der Waals surface area contributed by atoms with Gasteiger partial charge in [-0.25, -0.2) is 0 Å². The normalized spacial score (nSPS) is 53.8. The minimum absolute atomic E-state index is 0.0980. The number of aliphatic carboxylic acids is 1. The average molecular weight is 827 g/mol. The zero-order chi connectivity index (χ0) is 42.7. The van der Waals surface area contributed by atoms with Crippen molar-refractivity contribution >= 4 is 11.9 Å². The van der Waals surface area contributed by atoms with Crippen molar-refractivity contribution in [1.82, 2.24) is 0 Å². The fourth-order valence-corrected chi connectivity index (χ4v) is 13.6. The maximum absolute atomic E-state index is 14.6. The van der Waals surface area contributed by atoms with Crippen LogP contribution in [0.3, 0.4) is 0 Å². The van der Waals surface area contributed by atoms with Crippen LogP contribution in [-0.4, -0.2) is 150 Å². The summed E-state index contributed by atoms with van der Waals surface area (Å²) in [5, 5.41) is 106. The average Bonchev–Trinajstić information content (AvgIpc) is 3.16. The number of hydrogen-bond acceptors (Lipinski definition) is 15. The van der Waals surface area contributed by atoms with Gasteiger partial charge in [0.25, 0.3) is 0 Å². The largest absolute Gasteiger partial charge is 0.481 e. The zero-order valence-corrected chi connectivity index (χ0v) is 34.4. The van der Waals surface area contributed by atoms with Gasteiger partial charge in [-0.1, -0.05) is 46.3 Å². The Hall–Kier alpha value is -1.80. The second-order valence-corrected chi connectivity index (χ2v) is 20.6. The summed E-state index contributed by atoms with van der Waals surface area (Å²) in [6.45, 7) is 11.2. The van der Waals surface area contributed by atoms with Gasteiger partial charge in [-0.3, -0.25) is 9.59 Å². The van der Waals surface area contributed by atoms with Crippen molar-refractivity contribution in [3.05, 3.63) is 11.6 Å². The number of carbonyl (C=O) groups excluding carboxylic acids is 1. The van der Waals surface area contributed by atoms with Crippen molar-refractivity contribution < 1.29 is 79.6 Å². The summed E-state index contributed by atoms with van der Waals surface area (Å²) in [5.74, 6) is -2.59. The Labute approximate surface area is 339 Å². The molecule has 0 aromatic rings. The molecule has 2 saturated heterocycles. The molecule has 58 heavy (non-hydrogen) atoms. The van der Waals surface area contributed by atoms with Crippen molar-refractivity contribution in [1.29, 1.82) is 0 Å². The number of aliphatic hydroxyl groups is 9. The zero-order valence-electron chi connectivity index (χ0n) is 34.4. The summed E-state index contributed by atoms with van der Waals surface area (Å²) in [7, 11) is 0. The number of carbonyl (C=O) groups is 2. The molecule has 0 aromatic heterocycles. The first-order valence-corrected chi connectivity index (χ1v) is 21.1. The highest BCUT2D eigenvalue weighted by atomic mass is 16.7. The third kappa shape index (κ3) is 6.29. The van der Waals surface area contributed by atoms with Crippen LogP contribution in [0, 0.1) is 50.2 Å². The molecule has 0 unspecified atom stereocenters. The number of carboxylic acid groups (broad SMARTS) is 1. The first kappa shape index (κ1) is 44.3. The molecule has 10 N–H and O–H groups in total. The lowest BCUT2D eigenvalue weighted by Crippen LogP contribution is -2.70. The number of fused-ring (bicyclic) bond motifs is 7. The van der Waals surface area contributed by atoms with Crippen LogP contribution in [0.5, 0.6) is 0 Å². The molecule has 7 rings (SSSR count). The van der Waals surface area contributed by atoms with Crippen LogP contribution in [0.15, 0.2) is 11.6 Å². The SMILES string of the molecule is CC1(C)CC[C@]2(C(=O)O[C@@H]3O[C@H](CO)[C@@H](O)[C@H](O)[C@H]3O)CC[C@]3(C)C(=CC[C@@H]4[C@@]5(C)C[C@H](O)[C@H](O[C@@H]6O[C@H](CO)[C@@H](O)[C@H](O)[C@H]6O)[C@@](C)(C(=O)O)[C@@H]5CC[C@]43C)[C@@H]2C1. The maximum Gasteiger partial charge on any atom is 0.315 e. The van der Waals surface area contributed by atoms with Gasteiger partial charge >= 0.3 is 11.9 Å². The van der Waals surface area contributed by atoms with Gasteiger partial charge in [-0.2, -0.15) is 0 Å². The van der Waals surface area contributed by atoms with Crippen LogP contribution in [0.4, 0.5) is 0 Å². The molecule has 330 valence electrons. The molecule has 16 heteroatoms. The van der Waals surface area contributed by atoms with E-state index in [2.05, 4.69) is 40.7 Å². The topological polar surface area (TPSA) is 273 Å². The second kappa shape index (κ2) is 14.9. The summed E-state index contributed by atoms with van der Waals surface area (Å²) >= 11 is 0. The van der Waals surface area contributed by atoms with E-state index in [0.29, 0.717) is 44.9 Å². The van der Waals surface area contributed by atoms with Crippen molar-refractivity contribution in [2.75, 3.05) is 13.2 Å². The predicted octanol–water partition coefficient (Wildman–Crippen LogP) is 0.352. The van der Waals surface area contributed by atoms with E-state index in [4.69, 9.17) is 18.9 Å². The summed E-state index contributed by atoms with van der Waals surface area (Å²) in [5.41, 5.74) is -3.18. The van der Waals surface area contributed by atoms with Gasteiger partial charge in [-0.05, 0) is 104 Å².